The van der Waals surface area contributed by atoms with E-state index in [1.807, 2.05) is 13.0 Å². The topological polar surface area (TPSA) is 60.3 Å². The van der Waals surface area contributed by atoms with Crippen LogP contribution in [-0.2, 0) is 11.3 Å². The number of hydrogen-bond donors (Lipinski definition) is 1. The van der Waals surface area contributed by atoms with Gasteiger partial charge in [-0.1, -0.05) is 12.2 Å². The number of carbonyl (C=O) groups is 1. The number of aryl methyl sites for hydroxylation is 1. The molecule has 1 heterocycles. The van der Waals surface area contributed by atoms with E-state index >= 15 is 0 Å². The lowest BCUT2D eigenvalue weighted by molar-refractivity contribution is -0.125. The SMILES string of the molecule is COc1cc(C)n(CCNC(=O)C2CC=CCC2)c(=O)c1. The summed E-state index contributed by atoms with van der Waals surface area (Å²) >= 11 is 0. The van der Waals surface area contributed by atoms with Gasteiger partial charge in [0.15, 0.2) is 0 Å². The van der Waals surface area contributed by atoms with Crippen LogP contribution in [0.3, 0.4) is 0 Å². The largest absolute Gasteiger partial charge is 0.496 e. The maximum absolute atomic E-state index is 12.0. The zero-order valence-corrected chi connectivity index (χ0v) is 12.6. The minimum atomic E-state index is -0.110. The van der Waals surface area contributed by atoms with Gasteiger partial charge in [0, 0.05) is 30.8 Å². The van der Waals surface area contributed by atoms with Crippen LogP contribution in [0.4, 0.5) is 0 Å². The second-order valence-corrected chi connectivity index (χ2v) is 5.30. The van der Waals surface area contributed by atoms with Gasteiger partial charge in [-0.05, 0) is 32.3 Å². The molecular formula is C16H22N2O3. The number of hydrogen-bond acceptors (Lipinski definition) is 3. The maximum atomic E-state index is 12.0. The summed E-state index contributed by atoms with van der Waals surface area (Å²) in [5.74, 6) is 0.717. The van der Waals surface area contributed by atoms with Gasteiger partial charge in [0.2, 0.25) is 5.91 Å². The van der Waals surface area contributed by atoms with Gasteiger partial charge in [0.25, 0.3) is 5.56 Å². The molecule has 1 aliphatic rings. The van der Waals surface area contributed by atoms with Gasteiger partial charge in [0.1, 0.15) is 5.75 Å². The molecule has 0 saturated heterocycles. The number of nitrogens with zero attached hydrogens (tertiary/aromatic N) is 1. The Balaban J connectivity index is 1.90. The smallest absolute Gasteiger partial charge is 0.254 e. The summed E-state index contributed by atoms with van der Waals surface area (Å²) in [6.45, 7) is 2.80. The normalized spacial score (nSPS) is 17.5. The predicted octanol–water partition coefficient (Wildman–Crippen LogP) is 1.64. The molecule has 0 aromatic carbocycles. The lowest BCUT2D eigenvalue weighted by Gasteiger charge is -2.18. The van der Waals surface area contributed by atoms with Crippen LogP contribution in [-0.4, -0.2) is 24.1 Å². The highest BCUT2D eigenvalue weighted by atomic mass is 16.5. The predicted molar refractivity (Wildman–Crippen MR) is 81.5 cm³/mol. The van der Waals surface area contributed by atoms with E-state index in [1.165, 1.54) is 13.2 Å². The first-order chi connectivity index (χ1) is 10.1. The fraction of sp³-hybridized carbons (Fsp3) is 0.500. The van der Waals surface area contributed by atoms with E-state index in [0.29, 0.717) is 18.8 Å². The molecule has 1 unspecified atom stereocenters. The summed E-state index contributed by atoms with van der Waals surface area (Å²) in [4.78, 5) is 24.0. The highest BCUT2D eigenvalue weighted by Crippen LogP contribution is 2.17. The summed E-state index contributed by atoms with van der Waals surface area (Å²) in [7, 11) is 1.54. The van der Waals surface area contributed by atoms with Gasteiger partial charge in [-0.25, -0.2) is 0 Å². The van der Waals surface area contributed by atoms with Crippen molar-refractivity contribution in [3.63, 3.8) is 0 Å². The van der Waals surface area contributed by atoms with Gasteiger partial charge >= 0.3 is 0 Å². The maximum Gasteiger partial charge on any atom is 0.254 e. The second kappa shape index (κ2) is 7.11. The van der Waals surface area contributed by atoms with Crippen LogP contribution in [0.5, 0.6) is 5.75 Å². The fourth-order valence-corrected chi connectivity index (χ4v) is 2.57. The van der Waals surface area contributed by atoms with E-state index < -0.39 is 0 Å². The third-order valence-electron chi connectivity index (χ3n) is 3.82. The minimum Gasteiger partial charge on any atom is -0.496 e. The molecule has 1 aromatic rings. The lowest BCUT2D eigenvalue weighted by Crippen LogP contribution is -2.35. The van der Waals surface area contributed by atoms with Crippen LogP contribution in [0.2, 0.25) is 0 Å². The first-order valence-electron chi connectivity index (χ1n) is 7.30. The third-order valence-corrected chi connectivity index (χ3v) is 3.82. The number of aromatic nitrogens is 1. The van der Waals surface area contributed by atoms with Crippen LogP contribution < -0.4 is 15.6 Å². The Morgan fingerprint density at radius 1 is 1.43 bits per heavy atom. The van der Waals surface area contributed by atoms with E-state index in [9.17, 15) is 9.59 Å². The van der Waals surface area contributed by atoms with Crippen LogP contribution in [0, 0.1) is 12.8 Å². The quantitative estimate of drug-likeness (QED) is 0.839. The number of methoxy groups -OCH3 is 1. The molecule has 21 heavy (non-hydrogen) atoms. The molecule has 0 radical (unpaired) electrons. The average Bonchev–Trinajstić information content (AvgIpc) is 2.50. The Morgan fingerprint density at radius 2 is 2.24 bits per heavy atom. The molecule has 5 nitrogen and oxygen atoms in total. The molecule has 0 saturated carbocycles. The van der Waals surface area contributed by atoms with E-state index in [4.69, 9.17) is 4.74 Å². The molecule has 0 bridgehead atoms. The molecular weight excluding hydrogens is 268 g/mol. The number of amides is 1. The number of carbonyl (C=O) groups excluding carboxylic acids is 1. The van der Waals surface area contributed by atoms with Gasteiger partial charge in [-0.3, -0.25) is 9.59 Å². The van der Waals surface area contributed by atoms with E-state index in [2.05, 4.69) is 17.5 Å². The monoisotopic (exact) mass is 290 g/mol. The molecule has 0 fully saturated rings. The van der Waals surface area contributed by atoms with Crippen molar-refractivity contribution in [1.82, 2.24) is 9.88 Å². The summed E-state index contributed by atoms with van der Waals surface area (Å²) in [6.07, 6.45) is 6.86. The second-order valence-electron chi connectivity index (χ2n) is 5.30. The van der Waals surface area contributed by atoms with E-state index in [0.717, 1.165) is 25.0 Å². The summed E-state index contributed by atoms with van der Waals surface area (Å²) in [6, 6.07) is 3.27. The van der Waals surface area contributed by atoms with Gasteiger partial charge < -0.3 is 14.6 Å². The van der Waals surface area contributed by atoms with Crippen molar-refractivity contribution >= 4 is 5.91 Å². The molecule has 1 amide bonds. The van der Waals surface area contributed by atoms with Crippen molar-refractivity contribution in [2.24, 2.45) is 5.92 Å². The molecule has 1 aromatic heterocycles. The zero-order chi connectivity index (χ0) is 15.2. The van der Waals surface area contributed by atoms with Crippen molar-refractivity contribution in [2.75, 3.05) is 13.7 Å². The molecule has 114 valence electrons. The van der Waals surface area contributed by atoms with E-state index in [1.54, 1.807) is 4.57 Å². The molecule has 1 aliphatic carbocycles. The molecule has 1 N–H and O–H groups in total. The number of nitrogens with one attached hydrogen (secondary N) is 1. The van der Waals surface area contributed by atoms with Crippen LogP contribution in [0.25, 0.3) is 0 Å². The summed E-state index contributed by atoms with van der Waals surface area (Å²) in [5, 5.41) is 2.92. The van der Waals surface area contributed by atoms with Crippen molar-refractivity contribution < 1.29 is 9.53 Å². The zero-order valence-electron chi connectivity index (χ0n) is 12.6. The van der Waals surface area contributed by atoms with Gasteiger partial charge in [-0.15, -0.1) is 0 Å². The van der Waals surface area contributed by atoms with Crippen molar-refractivity contribution in [2.45, 2.75) is 32.7 Å². The summed E-state index contributed by atoms with van der Waals surface area (Å²) < 4.78 is 6.71. The van der Waals surface area contributed by atoms with Crippen molar-refractivity contribution in [3.05, 3.63) is 40.3 Å². The Kier molecular flexibility index (Phi) is 5.20. The van der Waals surface area contributed by atoms with Gasteiger partial charge in [-0.2, -0.15) is 0 Å². The molecule has 2 rings (SSSR count). The van der Waals surface area contributed by atoms with Crippen molar-refractivity contribution in [1.29, 1.82) is 0 Å². The first kappa shape index (κ1) is 15.4. The Morgan fingerprint density at radius 3 is 2.86 bits per heavy atom. The van der Waals surface area contributed by atoms with Crippen LogP contribution >= 0.6 is 0 Å². The third kappa shape index (κ3) is 3.97. The number of rotatable bonds is 5. The van der Waals surface area contributed by atoms with E-state index in [-0.39, 0.29) is 17.4 Å². The molecule has 0 aliphatic heterocycles. The Hall–Kier alpha value is -2.04. The summed E-state index contributed by atoms with van der Waals surface area (Å²) in [5.41, 5.74) is 0.718. The molecule has 0 spiro atoms. The highest BCUT2D eigenvalue weighted by molar-refractivity contribution is 5.78. The lowest BCUT2D eigenvalue weighted by atomic mass is 9.94. The standard InChI is InChI=1S/C16H22N2O3/c1-12-10-14(21-2)11-15(19)18(12)9-8-17-16(20)13-6-4-3-5-7-13/h3-4,10-11,13H,5-9H2,1-2H3,(H,17,20). The number of ether oxygens (including phenoxy) is 1. The Bertz CT molecular complexity index is 590. The molecule has 5 heteroatoms. The average molecular weight is 290 g/mol. The van der Waals surface area contributed by atoms with Crippen LogP contribution in [0.15, 0.2) is 29.1 Å². The minimum absolute atomic E-state index is 0.0729. The van der Waals surface area contributed by atoms with Crippen molar-refractivity contribution in [3.8, 4) is 5.75 Å². The fourth-order valence-electron chi connectivity index (χ4n) is 2.57. The van der Waals surface area contributed by atoms with Gasteiger partial charge in [0.05, 0.1) is 7.11 Å². The number of pyridine rings is 1. The van der Waals surface area contributed by atoms with Crippen LogP contribution in [0.1, 0.15) is 25.0 Å². The Labute approximate surface area is 124 Å². The first-order valence-corrected chi connectivity index (χ1v) is 7.30. The molecule has 1 atom stereocenters. The highest BCUT2D eigenvalue weighted by Gasteiger charge is 2.18. The number of allylic oxidation sites excluding steroid dienone is 2.